The highest BCUT2D eigenvalue weighted by Gasteiger charge is 2.16. The summed E-state index contributed by atoms with van der Waals surface area (Å²) in [5.41, 5.74) is 7.94. The van der Waals surface area contributed by atoms with Crippen molar-refractivity contribution < 1.29 is 0 Å². The minimum absolute atomic E-state index is 0.228. The summed E-state index contributed by atoms with van der Waals surface area (Å²) in [4.78, 5) is 0. The molecular weight excluding hydrogens is 310 g/mol. The van der Waals surface area contributed by atoms with Gasteiger partial charge in [0, 0.05) is 4.47 Å². The van der Waals surface area contributed by atoms with Gasteiger partial charge in [0.2, 0.25) is 0 Å². The molecule has 0 amide bonds. The average molecular weight is 332 g/mol. The Hall–Kier alpha value is -1.12. The van der Waals surface area contributed by atoms with Crippen molar-refractivity contribution in [2.24, 2.45) is 0 Å². The fraction of sp³-hybridized carbons (Fsp3) is 0.333. The zero-order chi connectivity index (χ0) is 14.9. The Balaban J connectivity index is 2.52. The maximum absolute atomic E-state index is 3.63. The van der Waals surface area contributed by atoms with Crippen molar-refractivity contribution in [2.45, 2.75) is 33.7 Å². The van der Waals surface area contributed by atoms with Crippen LogP contribution in [0, 0.1) is 27.7 Å². The minimum Gasteiger partial charge on any atom is -0.309 e. The van der Waals surface area contributed by atoms with Gasteiger partial charge in [0.1, 0.15) is 0 Å². The Morgan fingerprint density at radius 2 is 1.50 bits per heavy atom. The summed E-state index contributed by atoms with van der Waals surface area (Å²) in [6.07, 6.45) is 0. The fourth-order valence-electron chi connectivity index (χ4n) is 2.58. The standard InChI is InChI=1S/C18H22BrN/c1-11-6-7-15(10-17(11)19)18(20-5)16-9-13(3)12(2)8-14(16)4/h6-10,18,20H,1-5H3. The first-order valence-electron chi connectivity index (χ1n) is 6.95. The first-order valence-corrected chi connectivity index (χ1v) is 7.74. The number of nitrogens with one attached hydrogen (secondary N) is 1. The summed E-state index contributed by atoms with van der Waals surface area (Å²) in [5.74, 6) is 0. The second-order valence-electron chi connectivity index (χ2n) is 5.52. The molecule has 2 aromatic rings. The van der Waals surface area contributed by atoms with Gasteiger partial charge in [-0.1, -0.05) is 40.2 Å². The Labute approximate surface area is 130 Å². The summed E-state index contributed by atoms with van der Waals surface area (Å²) in [7, 11) is 2.02. The molecule has 0 saturated heterocycles. The maximum Gasteiger partial charge on any atom is 0.0577 e. The highest BCUT2D eigenvalue weighted by atomic mass is 79.9. The van der Waals surface area contributed by atoms with Crippen molar-refractivity contribution in [3.8, 4) is 0 Å². The van der Waals surface area contributed by atoms with E-state index in [0.717, 1.165) is 4.47 Å². The average Bonchev–Trinajstić information content (AvgIpc) is 2.40. The molecule has 0 aliphatic carbocycles. The zero-order valence-electron chi connectivity index (χ0n) is 12.8. The SMILES string of the molecule is CNC(c1ccc(C)c(Br)c1)c1cc(C)c(C)cc1C. The second-order valence-corrected chi connectivity index (χ2v) is 6.38. The molecule has 0 aliphatic rings. The van der Waals surface area contributed by atoms with E-state index in [1.54, 1.807) is 0 Å². The highest BCUT2D eigenvalue weighted by Crippen LogP contribution is 2.29. The van der Waals surface area contributed by atoms with E-state index in [-0.39, 0.29) is 6.04 Å². The van der Waals surface area contributed by atoms with E-state index in [4.69, 9.17) is 0 Å². The lowest BCUT2D eigenvalue weighted by atomic mass is 9.91. The molecule has 0 radical (unpaired) electrons. The van der Waals surface area contributed by atoms with E-state index in [0.29, 0.717) is 0 Å². The lowest BCUT2D eigenvalue weighted by molar-refractivity contribution is 0.686. The van der Waals surface area contributed by atoms with E-state index in [1.807, 2.05) is 7.05 Å². The van der Waals surface area contributed by atoms with Crippen LogP contribution in [0.1, 0.15) is 39.4 Å². The van der Waals surface area contributed by atoms with Crippen molar-refractivity contribution in [1.82, 2.24) is 5.32 Å². The fourth-order valence-corrected chi connectivity index (χ4v) is 2.98. The van der Waals surface area contributed by atoms with Gasteiger partial charge in [-0.2, -0.15) is 0 Å². The third kappa shape index (κ3) is 2.97. The van der Waals surface area contributed by atoms with Gasteiger partial charge in [-0.3, -0.25) is 0 Å². The van der Waals surface area contributed by atoms with E-state index in [2.05, 4.69) is 79.3 Å². The summed E-state index contributed by atoms with van der Waals surface area (Å²) in [6.45, 7) is 8.65. The molecule has 0 bridgehead atoms. The van der Waals surface area contributed by atoms with Crippen LogP contribution in [-0.2, 0) is 0 Å². The number of rotatable bonds is 3. The van der Waals surface area contributed by atoms with Crippen LogP contribution >= 0.6 is 15.9 Å². The number of hydrogen-bond donors (Lipinski definition) is 1. The molecule has 2 rings (SSSR count). The van der Waals surface area contributed by atoms with Crippen LogP contribution in [0.4, 0.5) is 0 Å². The molecule has 0 saturated carbocycles. The van der Waals surface area contributed by atoms with Crippen molar-refractivity contribution >= 4 is 15.9 Å². The molecule has 106 valence electrons. The Morgan fingerprint density at radius 1 is 0.850 bits per heavy atom. The summed E-state index contributed by atoms with van der Waals surface area (Å²) in [6, 6.07) is 11.4. The molecule has 0 aromatic heterocycles. The van der Waals surface area contributed by atoms with Gasteiger partial charge in [-0.05, 0) is 74.2 Å². The first kappa shape index (κ1) is 15.3. The second kappa shape index (κ2) is 6.11. The Morgan fingerprint density at radius 3 is 2.10 bits per heavy atom. The smallest absolute Gasteiger partial charge is 0.0577 e. The monoisotopic (exact) mass is 331 g/mol. The van der Waals surface area contributed by atoms with E-state index < -0.39 is 0 Å². The van der Waals surface area contributed by atoms with E-state index in [9.17, 15) is 0 Å². The van der Waals surface area contributed by atoms with Gasteiger partial charge in [-0.25, -0.2) is 0 Å². The van der Waals surface area contributed by atoms with Crippen LogP contribution in [0.3, 0.4) is 0 Å². The molecule has 2 heteroatoms. The largest absolute Gasteiger partial charge is 0.309 e. The Bertz CT molecular complexity index is 632. The number of hydrogen-bond acceptors (Lipinski definition) is 1. The van der Waals surface area contributed by atoms with Crippen LogP contribution in [0.2, 0.25) is 0 Å². The number of benzene rings is 2. The summed E-state index contributed by atoms with van der Waals surface area (Å²) >= 11 is 3.63. The molecule has 0 heterocycles. The van der Waals surface area contributed by atoms with Gasteiger partial charge in [-0.15, -0.1) is 0 Å². The van der Waals surface area contributed by atoms with Crippen LogP contribution in [-0.4, -0.2) is 7.05 Å². The molecular formula is C18H22BrN. The van der Waals surface area contributed by atoms with Crippen molar-refractivity contribution in [3.05, 3.63) is 68.2 Å². The Kier molecular flexibility index (Phi) is 4.66. The molecule has 2 aromatic carbocycles. The van der Waals surface area contributed by atoms with Crippen molar-refractivity contribution in [2.75, 3.05) is 7.05 Å². The van der Waals surface area contributed by atoms with Gasteiger partial charge in [0.15, 0.2) is 0 Å². The molecule has 1 unspecified atom stereocenters. The maximum atomic E-state index is 3.63. The molecule has 1 nitrogen and oxygen atoms in total. The molecule has 1 atom stereocenters. The van der Waals surface area contributed by atoms with E-state index >= 15 is 0 Å². The summed E-state index contributed by atoms with van der Waals surface area (Å²) < 4.78 is 1.16. The van der Waals surface area contributed by atoms with Crippen LogP contribution in [0.25, 0.3) is 0 Å². The minimum atomic E-state index is 0.228. The third-order valence-electron chi connectivity index (χ3n) is 4.01. The summed E-state index contributed by atoms with van der Waals surface area (Å²) in [5, 5.41) is 3.45. The molecule has 20 heavy (non-hydrogen) atoms. The van der Waals surface area contributed by atoms with Gasteiger partial charge < -0.3 is 5.32 Å². The quantitative estimate of drug-likeness (QED) is 0.835. The molecule has 0 aliphatic heterocycles. The topological polar surface area (TPSA) is 12.0 Å². The third-order valence-corrected chi connectivity index (χ3v) is 4.87. The predicted octanol–water partition coefficient (Wildman–Crippen LogP) is 4.99. The van der Waals surface area contributed by atoms with Crippen LogP contribution < -0.4 is 5.32 Å². The lowest BCUT2D eigenvalue weighted by Gasteiger charge is -2.21. The lowest BCUT2D eigenvalue weighted by Crippen LogP contribution is -2.19. The normalized spacial score (nSPS) is 12.5. The van der Waals surface area contributed by atoms with Crippen LogP contribution in [0.15, 0.2) is 34.8 Å². The molecule has 1 N–H and O–H groups in total. The van der Waals surface area contributed by atoms with Crippen molar-refractivity contribution in [3.63, 3.8) is 0 Å². The van der Waals surface area contributed by atoms with Crippen LogP contribution in [0.5, 0.6) is 0 Å². The van der Waals surface area contributed by atoms with Crippen molar-refractivity contribution in [1.29, 1.82) is 0 Å². The predicted molar refractivity (Wildman–Crippen MR) is 90.4 cm³/mol. The number of aryl methyl sites for hydroxylation is 4. The molecule has 0 spiro atoms. The van der Waals surface area contributed by atoms with Gasteiger partial charge >= 0.3 is 0 Å². The number of halogens is 1. The first-order chi connectivity index (χ1) is 9.43. The van der Waals surface area contributed by atoms with E-state index in [1.165, 1.54) is 33.4 Å². The zero-order valence-corrected chi connectivity index (χ0v) is 14.4. The van der Waals surface area contributed by atoms with Gasteiger partial charge in [0.25, 0.3) is 0 Å². The highest BCUT2D eigenvalue weighted by molar-refractivity contribution is 9.10. The molecule has 0 fully saturated rings. The van der Waals surface area contributed by atoms with Gasteiger partial charge in [0.05, 0.1) is 6.04 Å².